The van der Waals surface area contributed by atoms with Crippen molar-refractivity contribution in [1.29, 1.82) is 0 Å². The predicted molar refractivity (Wildman–Crippen MR) is 79.2 cm³/mol. The smallest absolute Gasteiger partial charge is 0.174 e. The number of rotatable bonds is 4. The van der Waals surface area contributed by atoms with E-state index in [4.69, 9.17) is 5.11 Å². The summed E-state index contributed by atoms with van der Waals surface area (Å²) in [7, 11) is 0. The summed E-state index contributed by atoms with van der Waals surface area (Å²) in [6.45, 7) is 1.92. The van der Waals surface area contributed by atoms with Gasteiger partial charge in [-0.3, -0.25) is 0 Å². The van der Waals surface area contributed by atoms with Crippen LogP contribution in [0.1, 0.15) is 22.6 Å². The molecule has 0 radical (unpaired) electrons. The normalized spacial score (nSPS) is 10.2. The standard InChI is InChI=1S/C14H13FN2OS2/c1-10-16-17-14(20-10)19-9-12-5-6-13(15)8-11(12)4-2-3-7-18/h5-6,8,18H,3,7,9H2,1H3. The molecule has 1 aromatic carbocycles. The molecule has 1 aromatic heterocycles. The van der Waals surface area contributed by atoms with Gasteiger partial charge in [-0.05, 0) is 24.6 Å². The second kappa shape index (κ2) is 7.39. The Hall–Kier alpha value is -1.42. The third kappa shape index (κ3) is 4.30. The van der Waals surface area contributed by atoms with Crippen molar-refractivity contribution in [3.63, 3.8) is 0 Å². The number of aromatic nitrogens is 2. The average Bonchev–Trinajstić information content (AvgIpc) is 2.84. The fourth-order valence-electron chi connectivity index (χ4n) is 1.48. The minimum Gasteiger partial charge on any atom is -0.395 e. The first kappa shape index (κ1) is 15.0. The maximum Gasteiger partial charge on any atom is 0.174 e. The van der Waals surface area contributed by atoms with Gasteiger partial charge in [0.05, 0.1) is 6.61 Å². The van der Waals surface area contributed by atoms with Gasteiger partial charge in [0.25, 0.3) is 0 Å². The SMILES string of the molecule is Cc1nnc(SCc2ccc(F)cc2C#CCCO)s1. The summed E-state index contributed by atoms with van der Waals surface area (Å²) in [6.07, 6.45) is 0.388. The summed E-state index contributed by atoms with van der Waals surface area (Å²) in [4.78, 5) is 0. The van der Waals surface area contributed by atoms with Gasteiger partial charge < -0.3 is 5.11 Å². The predicted octanol–water partition coefficient (Wildman–Crippen LogP) is 3.01. The van der Waals surface area contributed by atoms with Crippen LogP contribution in [0, 0.1) is 24.6 Å². The first-order valence-electron chi connectivity index (χ1n) is 6.00. The molecule has 0 saturated carbocycles. The zero-order valence-electron chi connectivity index (χ0n) is 10.9. The highest BCUT2D eigenvalue weighted by atomic mass is 32.2. The number of thioether (sulfide) groups is 1. The monoisotopic (exact) mass is 308 g/mol. The van der Waals surface area contributed by atoms with Gasteiger partial charge in [0, 0.05) is 17.7 Å². The zero-order valence-corrected chi connectivity index (χ0v) is 12.5. The molecule has 0 fully saturated rings. The maximum absolute atomic E-state index is 13.3. The van der Waals surface area contributed by atoms with E-state index in [1.54, 1.807) is 17.8 Å². The van der Waals surface area contributed by atoms with Crippen LogP contribution in [0.2, 0.25) is 0 Å². The van der Waals surface area contributed by atoms with Gasteiger partial charge in [0.1, 0.15) is 10.8 Å². The Balaban J connectivity index is 2.12. The molecule has 0 aliphatic carbocycles. The number of aryl methyl sites for hydroxylation is 1. The number of hydrogen-bond donors (Lipinski definition) is 1. The van der Waals surface area contributed by atoms with Gasteiger partial charge >= 0.3 is 0 Å². The molecule has 0 amide bonds. The van der Waals surface area contributed by atoms with Crippen LogP contribution in [-0.2, 0) is 5.75 Å². The van der Waals surface area contributed by atoms with E-state index in [0.29, 0.717) is 17.7 Å². The molecule has 2 aromatic rings. The summed E-state index contributed by atoms with van der Waals surface area (Å²) in [5, 5.41) is 17.7. The first-order chi connectivity index (χ1) is 9.69. The summed E-state index contributed by atoms with van der Waals surface area (Å²) in [5.41, 5.74) is 1.61. The van der Waals surface area contributed by atoms with Crippen LogP contribution >= 0.6 is 23.1 Å². The molecule has 0 unspecified atom stereocenters. The van der Waals surface area contributed by atoms with Crippen molar-refractivity contribution in [2.45, 2.75) is 23.4 Å². The first-order valence-corrected chi connectivity index (χ1v) is 7.80. The molecule has 0 atom stereocenters. The molecule has 2 rings (SSSR count). The molecule has 1 heterocycles. The maximum atomic E-state index is 13.3. The van der Waals surface area contributed by atoms with Gasteiger partial charge in [-0.15, -0.1) is 10.2 Å². The van der Waals surface area contributed by atoms with Crippen LogP contribution in [0.3, 0.4) is 0 Å². The number of nitrogens with zero attached hydrogens (tertiary/aromatic N) is 2. The molecule has 0 aliphatic rings. The van der Waals surface area contributed by atoms with Gasteiger partial charge in [-0.2, -0.15) is 0 Å². The van der Waals surface area contributed by atoms with Gasteiger partial charge in [0.2, 0.25) is 0 Å². The van der Waals surface area contributed by atoms with E-state index in [2.05, 4.69) is 22.0 Å². The van der Waals surface area contributed by atoms with E-state index in [-0.39, 0.29) is 12.4 Å². The van der Waals surface area contributed by atoms with E-state index >= 15 is 0 Å². The molecule has 0 bridgehead atoms. The Morgan fingerprint density at radius 2 is 2.25 bits per heavy atom. The van der Waals surface area contributed by atoms with Gasteiger partial charge in [0.15, 0.2) is 4.34 Å². The molecule has 104 valence electrons. The second-order valence-electron chi connectivity index (χ2n) is 3.95. The Labute approximate surface area is 125 Å². The van der Waals surface area contributed by atoms with E-state index < -0.39 is 0 Å². The highest BCUT2D eigenvalue weighted by Crippen LogP contribution is 2.27. The summed E-state index contributed by atoms with van der Waals surface area (Å²) >= 11 is 3.09. The molecular weight excluding hydrogens is 295 g/mol. The Kier molecular flexibility index (Phi) is 5.53. The second-order valence-corrected chi connectivity index (χ2v) is 6.36. The molecule has 0 saturated heterocycles. The van der Waals surface area contributed by atoms with Crippen LogP contribution in [0.25, 0.3) is 0 Å². The minimum absolute atomic E-state index is 0.0104. The van der Waals surface area contributed by atoms with Crippen LogP contribution in [0.4, 0.5) is 4.39 Å². The Morgan fingerprint density at radius 3 is 2.95 bits per heavy atom. The van der Waals surface area contributed by atoms with Crippen molar-refractivity contribution in [3.05, 3.63) is 40.2 Å². The van der Waals surface area contributed by atoms with E-state index in [1.165, 1.54) is 23.5 Å². The summed E-state index contributed by atoms with van der Waals surface area (Å²) in [6, 6.07) is 4.59. The zero-order chi connectivity index (χ0) is 14.4. The number of aliphatic hydroxyl groups excluding tert-OH is 1. The van der Waals surface area contributed by atoms with Crippen LogP contribution in [0.15, 0.2) is 22.5 Å². The number of aliphatic hydroxyl groups is 1. The Morgan fingerprint density at radius 1 is 1.40 bits per heavy atom. The minimum atomic E-state index is -0.307. The summed E-state index contributed by atoms with van der Waals surface area (Å²) in [5.74, 6) is 6.08. The van der Waals surface area contributed by atoms with Crippen molar-refractivity contribution >= 4 is 23.1 Å². The summed E-state index contributed by atoms with van der Waals surface area (Å²) < 4.78 is 14.2. The van der Waals surface area contributed by atoms with E-state index in [9.17, 15) is 4.39 Å². The molecular formula is C14H13FN2OS2. The Bertz CT molecular complexity index is 646. The fourth-order valence-corrected chi connectivity index (χ4v) is 3.30. The van der Waals surface area contributed by atoms with Crippen LogP contribution in [0.5, 0.6) is 0 Å². The molecule has 6 heteroatoms. The van der Waals surface area contributed by atoms with E-state index in [1.807, 2.05) is 6.92 Å². The van der Waals surface area contributed by atoms with Gasteiger partial charge in [-0.1, -0.05) is 41.0 Å². The van der Waals surface area contributed by atoms with Crippen molar-refractivity contribution in [1.82, 2.24) is 10.2 Å². The van der Waals surface area contributed by atoms with Crippen molar-refractivity contribution in [2.75, 3.05) is 6.61 Å². The quantitative estimate of drug-likeness (QED) is 0.696. The molecule has 20 heavy (non-hydrogen) atoms. The lowest BCUT2D eigenvalue weighted by Crippen LogP contribution is -1.90. The molecule has 0 spiro atoms. The third-order valence-corrected chi connectivity index (χ3v) is 4.41. The van der Waals surface area contributed by atoms with Crippen LogP contribution in [-0.4, -0.2) is 21.9 Å². The lowest BCUT2D eigenvalue weighted by Gasteiger charge is -2.03. The lowest BCUT2D eigenvalue weighted by atomic mass is 10.1. The number of benzene rings is 1. The highest BCUT2D eigenvalue weighted by Gasteiger charge is 2.06. The lowest BCUT2D eigenvalue weighted by molar-refractivity contribution is 0.305. The number of halogens is 1. The fraction of sp³-hybridized carbons (Fsp3) is 0.286. The largest absolute Gasteiger partial charge is 0.395 e. The average molecular weight is 308 g/mol. The molecule has 3 nitrogen and oxygen atoms in total. The van der Waals surface area contributed by atoms with E-state index in [0.717, 1.165) is 14.9 Å². The third-order valence-electron chi connectivity index (χ3n) is 2.39. The number of hydrogen-bond acceptors (Lipinski definition) is 5. The molecule has 0 aliphatic heterocycles. The topological polar surface area (TPSA) is 46.0 Å². The molecule has 1 N–H and O–H groups in total. The van der Waals surface area contributed by atoms with Crippen molar-refractivity contribution in [2.24, 2.45) is 0 Å². The van der Waals surface area contributed by atoms with Crippen LogP contribution < -0.4 is 0 Å². The highest BCUT2D eigenvalue weighted by molar-refractivity contribution is 8.00. The van der Waals surface area contributed by atoms with Crippen molar-refractivity contribution in [3.8, 4) is 11.8 Å². The van der Waals surface area contributed by atoms with Crippen molar-refractivity contribution < 1.29 is 9.50 Å². The van der Waals surface area contributed by atoms with Gasteiger partial charge in [-0.25, -0.2) is 4.39 Å².